The van der Waals surface area contributed by atoms with Gasteiger partial charge in [-0.3, -0.25) is 4.79 Å². The van der Waals surface area contributed by atoms with Crippen molar-refractivity contribution in [3.05, 3.63) is 23.8 Å². The highest BCUT2D eigenvalue weighted by Crippen LogP contribution is 2.68. The number of nitrogen functional groups attached to an aromatic ring is 1. The molecule has 0 unspecified atom stereocenters. The van der Waals surface area contributed by atoms with Gasteiger partial charge in [0.1, 0.15) is 0 Å². The summed E-state index contributed by atoms with van der Waals surface area (Å²) in [6.07, 6.45) is -4.54. The lowest BCUT2D eigenvalue weighted by Gasteiger charge is -2.13. The fourth-order valence-corrected chi connectivity index (χ4v) is 2.95. The molecule has 0 heterocycles. The number of hydrogen-bond acceptors (Lipinski definition) is 2. The Labute approximate surface area is 121 Å². The number of alkyl halides is 3. The first kappa shape index (κ1) is 15.7. The van der Waals surface area contributed by atoms with E-state index in [4.69, 9.17) is 5.73 Å². The van der Waals surface area contributed by atoms with Gasteiger partial charge < -0.3 is 11.1 Å². The average Bonchev–Trinajstić information content (AvgIpc) is 2.70. The zero-order chi connectivity index (χ0) is 16.2. The van der Waals surface area contributed by atoms with Crippen molar-refractivity contribution in [2.45, 2.75) is 33.9 Å². The lowest BCUT2D eigenvalue weighted by molar-refractivity contribution is -0.137. The van der Waals surface area contributed by atoms with Gasteiger partial charge in [0.15, 0.2) is 0 Å². The lowest BCUT2D eigenvalue weighted by atomic mass is 10.0. The first-order chi connectivity index (χ1) is 9.39. The number of nitrogens with one attached hydrogen (secondary N) is 1. The molecule has 1 amide bonds. The molecule has 0 atom stereocenters. The number of rotatable bonds is 2. The molecule has 0 aromatic heterocycles. The molecule has 0 spiro atoms. The predicted octanol–water partition coefficient (Wildman–Crippen LogP) is 3.91. The standard InChI is InChI=1S/C15H19F3N2O/c1-13(2)11(14(13,3)4)12(21)20-8-5-6-10(19)9(7-8)15(16,17)18/h5-7,11H,19H2,1-4H3,(H,20,21). The fourth-order valence-electron chi connectivity index (χ4n) is 2.95. The van der Waals surface area contributed by atoms with Gasteiger partial charge in [-0.2, -0.15) is 13.2 Å². The molecule has 0 saturated heterocycles. The molecule has 1 aromatic rings. The summed E-state index contributed by atoms with van der Waals surface area (Å²) in [5.41, 5.74) is 3.82. The molecule has 3 N–H and O–H groups in total. The Hall–Kier alpha value is -1.72. The second-order valence-electron chi connectivity index (χ2n) is 6.67. The second-order valence-corrected chi connectivity index (χ2v) is 6.67. The van der Waals surface area contributed by atoms with E-state index in [2.05, 4.69) is 5.32 Å². The smallest absolute Gasteiger partial charge is 0.398 e. The third-order valence-corrected chi connectivity index (χ3v) is 4.91. The minimum Gasteiger partial charge on any atom is -0.398 e. The Morgan fingerprint density at radius 2 is 1.71 bits per heavy atom. The third kappa shape index (κ3) is 2.47. The largest absolute Gasteiger partial charge is 0.418 e. The van der Waals surface area contributed by atoms with Gasteiger partial charge in [-0.15, -0.1) is 0 Å². The molecule has 1 fully saturated rings. The molecule has 1 aliphatic rings. The van der Waals surface area contributed by atoms with E-state index < -0.39 is 11.7 Å². The minimum absolute atomic E-state index is 0.111. The van der Waals surface area contributed by atoms with Crippen molar-refractivity contribution in [1.29, 1.82) is 0 Å². The van der Waals surface area contributed by atoms with Crippen molar-refractivity contribution in [3.63, 3.8) is 0 Å². The number of hydrogen-bond donors (Lipinski definition) is 2. The van der Waals surface area contributed by atoms with E-state index in [9.17, 15) is 18.0 Å². The summed E-state index contributed by atoms with van der Waals surface area (Å²) in [5.74, 6) is -0.486. The molecule has 1 aliphatic carbocycles. The van der Waals surface area contributed by atoms with E-state index in [1.807, 2.05) is 27.7 Å². The summed E-state index contributed by atoms with van der Waals surface area (Å²) < 4.78 is 38.4. The van der Waals surface area contributed by atoms with Crippen LogP contribution in [-0.2, 0) is 11.0 Å². The Kier molecular flexibility index (Phi) is 3.27. The van der Waals surface area contributed by atoms with Crippen LogP contribution >= 0.6 is 0 Å². The summed E-state index contributed by atoms with van der Waals surface area (Å²) in [6, 6.07) is 3.40. The Morgan fingerprint density at radius 1 is 1.19 bits per heavy atom. The van der Waals surface area contributed by atoms with Crippen molar-refractivity contribution in [1.82, 2.24) is 0 Å². The molecule has 116 valence electrons. The van der Waals surface area contributed by atoms with Crippen LogP contribution < -0.4 is 11.1 Å². The van der Waals surface area contributed by atoms with Gasteiger partial charge in [-0.1, -0.05) is 27.7 Å². The molecular weight excluding hydrogens is 281 g/mol. The molecule has 0 radical (unpaired) electrons. The molecule has 21 heavy (non-hydrogen) atoms. The maximum atomic E-state index is 12.8. The van der Waals surface area contributed by atoms with Crippen LogP contribution in [0.25, 0.3) is 0 Å². The predicted molar refractivity (Wildman–Crippen MR) is 75.5 cm³/mol. The molecule has 1 saturated carbocycles. The average molecular weight is 300 g/mol. The van der Waals surface area contributed by atoms with Gasteiger partial charge in [0.2, 0.25) is 5.91 Å². The van der Waals surface area contributed by atoms with Gasteiger partial charge in [0, 0.05) is 17.3 Å². The second kappa shape index (κ2) is 4.39. The quantitative estimate of drug-likeness (QED) is 0.814. The molecule has 0 aliphatic heterocycles. The lowest BCUT2D eigenvalue weighted by Crippen LogP contribution is -2.18. The number of benzene rings is 1. The normalized spacial score (nSPS) is 20.1. The molecule has 0 bridgehead atoms. The fraction of sp³-hybridized carbons (Fsp3) is 0.533. The Morgan fingerprint density at radius 3 is 2.14 bits per heavy atom. The van der Waals surface area contributed by atoms with Crippen LogP contribution in [0.5, 0.6) is 0 Å². The van der Waals surface area contributed by atoms with E-state index in [1.54, 1.807) is 0 Å². The molecule has 6 heteroatoms. The number of anilines is 2. The summed E-state index contributed by atoms with van der Waals surface area (Å²) in [5, 5.41) is 2.56. The zero-order valence-corrected chi connectivity index (χ0v) is 12.4. The first-order valence-electron chi connectivity index (χ1n) is 6.66. The van der Waals surface area contributed by atoms with E-state index >= 15 is 0 Å². The van der Waals surface area contributed by atoms with Crippen LogP contribution in [0, 0.1) is 16.7 Å². The number of amides is 1. The Balaban J connectivity index is 2.21. The maximum Gasteiger partial charge on any atom is 0.418 e. The highest BCUT2D eigenvalue weighted by Gasteiger charge is 2.68. The summed E-state index contributed by atoms with van der Waals surface area (Å²) in [6.45, 7) is 7.89. The minimum atomic E-state index is -4.54. The van der Waals surface area contributed by atoms with E-state index in [0.717, 1.165) is 12.1 Å². The maximum absolute atomic E-state index is 12.8. The van der Waals surface area contributed by atoms with Crippen LogP contribution in [0.4, 0.5) is 24.5 Å². The van der Waals surface area contributed by atoms with Gasteiger partial charge in [-0.05, 0) is 29.0 Å². The number of nitrogens with two attached hydrogens (primary N) is 1. The van der Waals surface area contributed by atoms with E-state index in [1.165, 1.54) is 6.07 Å². The Bertz CT molecular complexity index is 577. The van der Waals surface area contributed by atoms with Crippen LogP contribution in [0.3, 0.4) is 0 Å². The van der Waals surface area contributed by atoms with Gasteiger partial charge in [0.25, 0.3) is 0 Å². The van der Waals surface area contributed by atoms with Crippen LogP contribution in [-0.4, -0.2) is 5.91 Å². The number of halogens is 3. The van der Waals surface area contributed by atoms with Crippen molar-refractivity contribution in [2.24, 2.45) is 16.7 Å². The molecule has 1 aromatic carbocycles. The monoisotopic (exact) mass is 300 g/mol. The summed E-state index contributed by atoms with van der Waals surface area (Å²) in [7, 11) is 0. The van der Waals surface area contributed by atoms with Crippen molar-refractivity contribution in [3.8, 4) is 0 Å². The van der Waals surface area contributed by atoms with Crippen LogP contribution in [0.2, 0.25) is 0 Å². The van der Waals surface area contributed by atoms with Gasteiger partial charge in [-0.25, -0.2) is 0 Å². The summed E-state index contributed by atoms with van der Waals surface area (Å²) >= 11 is 0. The molecule has 3 nitrogen and oxygen atoms in total. The number of carbonyl (C=O) groups is 1. The van der Waals surface area contributed by atoms with Crippen molar-refractivity contribution >= 4 is 17.3 Å². The molecular formula is C15H19F3N2O. The highest BCUT2D eigenvalue weighted by molar-refractivity contribution is 5.96. The van der Waals surface area contributed by atoms with Gasteiger partial charge in [0.05, 0.1) is 5.56 Å². The topological polar surface area (TPSA) is 55.1 Å². The highest BCUT2D eigenvalue weighted by atomic mass is 19.4. The van der Waals surface area contributed by atoms with Crippen molar-refractivity contribution in [2.75, 3.05) is 11.1 Å². The first-order valence-corrected chi connectivity index (χ1v) is 6.66. The van der Waals surface area contributed by atoms with Gasteiger partial charge >= 0.3 is 6.18 Å². The van der Waals surface area contributed by atoms with Crippen LogP contribution in [0.1, 0.15) is 33.3 Å². The summed E-state index contributed by atoms with van der Waals surface area (Å²) in [4.78, 5) is 12.2. The van der Waals surface area contributed by atoms with E-state index in [0.29, 0.717) is 0 Å². The SMILES string of the molecule is CC1(C)C(C(=O)Nc2ccc(N)c(C(F)(F)F)c2)C1(C)C. The number of carbonyl (C=O) groups excluding carboxylic acids is 1. The van der Waals surface area contributed by atoms with E-state index in [-0.39, 0.29) is 34.0 Å². The zero-order valence-electron chi connectivity index (χ0n) is 12.4. The third-order valence-electron chi connectivity index (χ3n) is 4.91. The van der Waals surface area contributed by atoms with Crippen LogP contribution in [0.15, 0.2) is 18.2 Å². The van der Waals surface area contributed by atoms with Crippen molar-refractivity contribution < 1.29 is 18.0 Å². The molecule has 2 rings (SSSR count).